The van der Waals surface area contributed by atoms with E-state index >= 15 is 0 Å². The van der Waals surface area contributed by atoms with Gasteiger partial charge in [-0.3, -0.25) is 9.69 Å². The van der Waals surface area contributed by atoms with Crippen LogP contribution in [-0.2, 0) is 4.79 Å². The van der Waals surface area contributed by atoms with E-state index in [1.54, 1.807) is 0 Å². The molecule has 0 aromatic heterocycles. The Morgan fingerprint density at radius 1 is 1.53 bits per heavy atom. The van der Waals surface area contributed by atoms with E-state index in [9.17, 15) is 4.79 Å². The Labute approximate surface area is 105 Å². The van der Waals surface area contributed by atoms with Gasteiger partial charge in [-0.1, -0.05) is 13.8 Å². The predicted molar refractivity (Wildman–Crippen MR) is 71.0 cm³/mol. The summed E-state index contributed by atoms with van der Waals surface area (Å²) in [5.74, 6) is 0.122. The Kier molecular flexibility index (Phi) is 4.95. The minimum absolute atomic E-state index is 0.122. The number of nitrogens with one attached hydrogen (secondary N) is 2. The molecule has 1 aliphatic heterocycles. The number of hydrogen-bond donors (Lipinski definition) is 2. The molecule has 1 heterocycles. The Bertz CT molecular complexity index is 263. The summed E-state index contributed by atoms with van der Waals surface area (Å²) in [6, 6.07) is 0.693. The number of hydrogen-bond acceptors (Lipinski definition) is 3. The highest BCUT2D eigenvalue weighted by Gasteiger charge is 2.35. The van der Waals surface area contributed by atoms with Gasteiger partial charge in [0.1, 0.15) is 0 Å². The number of nitrogens with zero attached hydrogens (tertiary/aromatic N) is 1. The third-order valence-corrected chi connectivity index (χ3v) is 3.45. The smallest absolute Gasteiger partial charge is 0.234 e. The van der Waals surface area contributed by atoms with Crippen molar-refractivity contribution in [1.82, 2.24) is 15.5 Å². The third kappa shape index (κ3) is 4.28. The van der Waals surface area contributed by atoms with Gasteiger partial charge in [-0.2, -0.15) is 0 Å². The summed E-state index contributed by atoms with van der Waals surface area (Å²) in [4.78, 5) is 13.9. The van der Waals surface area contributed by atoms with Crippen molar-refractivity contribution in [3.8, 4) is 0 Å². The van der Waals surface area contributed by atoms with E-state index in [0.29, 0.717) is 12.6 Å². The molecule has 0 spiro atoms. The minimum atomic E-state index is 0.122. The van der Waals surface area contributed by atoms with Gasteiger partial charge in [0, 0.05) is 18.6 Å². The number of rotatable bonds is 4. The maximum absolute atomic E-state index is 11.7. The van der Waals surface area contributed by atoms with Crippen molar-refractivity contribution < 1.29 is 4.79 Å². The topological polar surface area (TPSA) is 44.4 Å². The van der Waals surface area contributed by atoms with Crippen LogP contribution in [0.2, 0.25) is 0 Å². The highest BCUT2D eigenvalue weighted by molar-refractivity contribution is 5.78. The molecule has 2 N–H and O–H groups in total. The summed E-state index contributed by atoms with van der Waals surface area (Å²) < 4.78 is 0. The van der Waals surface area contributed by atoms with Crippen LogP contribution >= 0.6 is 0 Å². The Morgan fingerprint density at radius 3 is 2.71 bits per heavy atom. The molecule has 4 heteroatoms. The fourth-order valence-electron chi connectivity index (χ4n) is 2.68. The average Bonchev–Trinajstić information content (AvgIpc) is 2.14. The van der Waals surface area contributed by atoms with Crippen molar-refractivity contribution in [3.05, 3.63) is 0 Å². The van der Waals surface area contributed by atoms with E-state index in [1.807, 2.05) is 13.8 Å². The molecule has 1 atom stereocenters. The van der Waals surface area contributed by atoms with Crippen molar-refractivity contribution in [3.63, 3.8) is 0 Å². The Hall–Kier alpha value is -0.610. The van der Waals surface area contributed by atoms with E-state index in [-0.39, 0.29) is 17.4 Å². The third-order valence-electron chi connectivity index (χ3n) is 3.45. The molecule has 0 aromatic rings. The van der Waals surface area contributed by atoms with Gasteiger partial charge in [0.2, 0.25) is 5.91 Å². The molecule has 1 saturated heterocycles. The van der Waals surface area contributed by atoms with Gasteiger partial charge in [0.15, 0.2) is 0 Å². The van der Waals surface area contributed by atoms with Crippen LogP contribution in [0.25, 0.3) is 0 Å². The second-order valence-electron chi connectivity index (χ2n) is 6.11. The van der Waals surface area contributed by atoms with Crippen LogP contribution in [-0.4, -0.2) is 49.6 Å². The molecule has 4 nitrogen and oxygen atoms in total. The van der Waals surface area contributed by atoms with Crippen LogP contribution in [0.15, 0.2) is 0 Å². The highest BCUT2D eigenvalue weighted by Crippen LogP contribution is 2.28. The van der Waals surface area contributed by atoms with Crippen molar-refractivity contribution >= 4 is 5.91 Å². The first kappa shape index (κ1) is 14.5. The maximum atomic E-state index is 11.7. The molecule has 1 rings (SSSR count). The Morgan fingerprint density at radius 2 is 2.18 bits per heavy atom. The first-order valence-corrected chi connectivity index (χ1v) is 6.53. The first-order valence-electron chi connectivity index (χ1n) is 6.53. The predicted octanol–water partition coefficient (Wildman–Crippen LogP) is 0.831. The molecule has 0 aliphatic carbocycles. The zero-order valence-electron chi connectivity index (χ0n) is 11.8. The van der Waals surface area contributed by atoms with Gasteiger partial charge in [0.05, 0.1) is 6.54 Å². The molecule has 17 heavy (non-hydrogen) atoms. The molecule has 100 valence electrons. The molecule has 0 radical (unpaired) electrons. The SMILES string of the molecule is CC(C)NC(=O)CN(C)C1CCNCC1(C)C. The lowest BCUT2D eigenvalue weighted by atomic mass is 9.79. The van der Waals surface area contributed by atoms with Crippen LogP contribution in [0.5, 0.6) is 0 Å². The van der Waals surface area contributed by atoms with Crippen LogP contribution in [0.1, 0.15) is 34.1 Å². The lowest BCUT2D eigenvalue weighted by Crippen LogP contribution is -2.55. The molecule has 1 amide bonds. The summed E-state index contributed by atoms with van der Waals surface area (Å²) in [7, 11) is 2.05. The minimum Gasteiger partial charge on any atom is -0.353 e. The van der Waals surface area contributed by atoms with E-state index in [2.05, 4.69) is 36.4 Å². The fourth-order valence-corrected chi connectivity index (χ4v) is 2.68. The highest BCUT2D eigenvalue weighted by atomic mass is 16.2. The lowest BCUT2D eigenvalue weighted by molar-refractivity contribution is -0.123. The summed E-state index contributed by atoms with van der Waals surface area (Å²) in [5.41, 5.74) is 0.227. The molecular weight excluding hydrogens is 214 g/mol. The Balaban J connectivity index is 2.51. The van der Waals surface area contributed by atoms with Crippen molar-refractivity contribution in [2.75, 3.05) is 26.7 Å². The summed E-state index contributed by atoms with van der Waals surface area (Å²) in [6.45, 7) is 11.1. The summed E-state index contributed by atoms with van der Waals surface area (Å²) >= 11 is 0. The van der Waals surface area contributed by atoms with E-state index in [4.69, 9.17) is 0 Å². The number of piperidine rings is 1. The largest absolute Gasteiger partial charge is 0.353 e. The standard InChI is InChI=1S/C13H27N3O/c1-10(2)15-12(17)8-16(5)11-6-7-14-9-13(11,3)4/h10-11,14H,6-9H2,1-5H3,(H,15,17). The van der Waals surface area contributed by atoms with Gasteiger partial charge in [-0.15, -0.1) is 0 Å². The maximum Gasteiger partial charge on any atom is 0.234 e. The van der Waals surface area contributed by atoms with Gasteiger partial charge in [-0.25, -0.2) is 0 Å². The number of carbonyl (C=O) groups excluding carboxylic acids is 1. The zero-order chi connectivity index (χ0) is 13.1. The molecule has 1 aliphatic rings. The fraction of sp³-hybridized carbons (Fsp3) is 0.923. The number of amides is 1. The van der Waals surface area contributed by atoms with Gasteiger partial charge < -0.3 is 10.6 Å². The number of likely N-dealkylation sites (N-methyl/N-ethyl adjacent to an activating group) is 1. The summed E-state index contributed by atoms with van der Waals surface area (Å²) in [6.07, 6.45) is 1.11. The number of carbonyl (C=O) groups is 1. The van der Waals surface area contributed by atoms with Crippen LogP contribution in [0.3, 0.4) is 0 Å². The van der Waals surface area contributed by atoms with Crippen LogP contribution < -0.4 is 10.6 Å². The van der Waals surface area contributed by atoms with Crippen LogP contribution in [0, 0.1) is 5.41 Å². The molecular formula is C13H27N3O. The van der Waals surface area contributed by atoms with Crippen LogP contribution in [0.4, 0.5) is 0 Å². The van der Waals surface area contributed by atoms with Gasteiger partial charge >= 0.3 is 0 Å². The first-order chi connectivity index (χ1) is 7.83. The monoisotopic (exact) mass is 241 g/mol. The second-order valence-corrected chi connectivity index (χ2v) is 6.11. The van der Waals surface area contributed by atoms with Crippen molar-refractivity contribution in [2.24, 2.45) is 5.41 Å². The van der Waals surface area contributed by atoms with Crippen molar-refractivity contribution in [1.29, 1.82) is 0 Å². The van der Waals surface area contributed by atoms with Gasteiger partial charge in [0.25, 0.3) is 0 Å². The molecule has 1 unspecified atom stereocenters. The van der Waals surface area contributed by atoms with E-state index < -0.39 is 0 Å². The molecule has 0 saturated carbocycles. The van der Waals surface area contributed by atoms with E-state index in [1.165, 1.54) is 0 Å². The normalized spacial score (nSPS) is 24.1. The second kappa shape index (κ2) is 5.83. The quantitative estimate of drug-likeness (QED) is 0.766. The molecule has 0 aromatic carbocycles. The lowest BCUT2D eigenvalue weighted by Gasteiger charge is -2.44. The zero-order valence-corrected chi connectivity index (χ0v) is 11.8. The van der Waals surface area contributed by atoms with E-state index in [0.717, 1.165) is 19.5 Å². The average molecular weight is 241 g/mol. The van der Waals surface area contributed by atoms with Crippen molar-refractivity contribution in [2.45, 2.75) is 46.2 Å². The summed E-state index contributed by atoms with van der Waals surface area (Å²) in [5, 5.41) is 6.36. The van der Waals surface area contributed by atoms with Gasteiger partial charge in [-0.05, 0) is 39.3 Å². The molecule has 0 bridgehead atoms. The molecule has 1 fully saturated rings.